The molecule has 2 rings (SSSR count). The number of carbonyl (C=O) groups is 1. The number of halogens is 3. The lowest BCUT2D eigenvalue weighted by molar-refractivity contribution is 0.0697. The molecule has 0 saturated carbocycles. The zero-order chi connectivity index (χ0) is 14.0. The molecule has 0 aliphatic heterocycles. The van der Waals surface area contributed by atoms with E-state index in [2.05, 4.69) is 10.3 Å². The second-order valence-corrected chi connectivity index (χ2v) is 4.83. The third-order valence-electron chi connectivity index (χ3n) is 2.28. The van der Waals surface area contributed by atoms with Crippen LogP contribution in [0, 0.1) is 15.3 Å². The summed E-state index contributed by atoms with van der Waals surface area (Å²) >= 11 is 1.94. The fourth-order valence-corrected chi connectivity index (χ4v) is 1.87. The zero-order valence-corrected chi connectivity index (χ0v) is 11.5. The highest BCUT2D eigenvalue weighted by Gasteiger charge is 2.14. The van der Waals surface area contributed by atoms with Crippen LogP contribution in [-0.4, -0.2) is 16.1 Å². The van der Waals surface area contributed by atoms with E-state index in [1.165, 1.54) is 12.1 Å². The molecule has 0 bridgehead atoms. The van der Waals surface area contributed by atoms with E-state index >= 15 is 0 Å². The first-order valence-electron chi connectivity index (χ1n) is 5.09. The summed E-state index contributed by atoms with van der Waals surface area (Å²) in [5.41, 5.74) is -0.208. The van der Waals surface area contributed by atoms with Gasteiger partial charge in [0, 0.05) is 3.57 Å². The Hall–Kier alpha value is -1.77. The minimum absolute atomic E-state index is 0.0287. The fourth-order valence-electron chi connectivity index (χ4n) is 1.42. The van der Waals surface area contributed by atoms with E-state index in [9.17, 15) is 13.6 Å². The van der Waals surface area contributed by atoms with E-state index in [-0.39, 0.29) is 17.1 Å². The van der Waals surface area contributed by atoms with Crippen molar-refractivity contribution in [1.29, 1.82) is 0 Å². The molecule has 0 fully saturated rings. The van der Waals surface area contributed by atoms with Gasteiger partial charge in [0.25, 0.3) is 0 Å². The lowest BCUT2D eigenvalue weighted by Crippen LogP contribution is -2.06. The van der Waals surface area contributed by atoms with Crippen molar-refractivity contribution in [1.82, 2.24) is 4.98 Å². The quantitative estimate of drug-likeness (QED) is 0.637. The van der Waals surface area contributed by atoms with E-state index in [4.69, 9.17) is 5.11 Å². The Kier molecular flexibility index (Phi) is 3.93. The second-order valence-electron chi connectivity index (χ2n) is 3.58. The minimum Gasteiger partial charge on any atom is -0.478 e. The minimum atomic E-state index is -1.28. The number of nitrogens with one attached hydrogen (secondary N) is 1. The predicted octanol–water partition coefficient (Wildman–Crippen LogP) is 3.41. The SMILES string of the molecule is O=C(O)c1ccc(F)nc1Nc1ccc(I)cc1F. The maximum Gasteiger partial charge on any atom is 0.339 e. The summed E-state index contributed by atoms with van der Waals surface area (Å²) in [6, 6.07) is 6.32. The van der Waals surface area contributed by atoms with Crippen LogP contribution < -0.4 is 5.32 Å². The number of carboxylic acids is 1. The second kappa shape index (κ2) is 5.47. The summed E-state index contributed by atoms with van der Waals surface area (Å²) in [5, 5.41) is 11.4. The molecule has 98 valence electrons. The molecule has 1 heterocycles. The van der Waals surface area contributed by atoms with Crippen LogP contribution in [0.1, 0.15) is 10.4 Å². The Bertz CT molecular complexity index is 650. The molecule has 2 N–H and O–H groups in total. The highest BCUT2D eigenvalue weighted by Crippen LogP contribution is 2.23. The van der Waals surface area contributed by atoms with Gasteiger partial charge in [-0.2, -0.15) is 4.39 Å². The molecule has 4 nitrogen and oxygen atoms in total. The van der Waals surface area contributed by atoms with Crippen molar-refractivity contribution in [2.45, 2.75) is 0 Å². The van der Waals surface area contributed by atoms with E-state index < -0.39 is 17.7 Å². The number of carboxylic acid groups (broad SMARTS) is 1. The standard InChI is InChI=1S/C12H7F2IN2O2/c13-8-5-6(15)1-3-9(8)16-11-7(12(18)19)2-4-10(14)17-11/h1-5H,(H,16,17)(H,18,19). The Morgan fingerprint density at radius 1 is 1.26 bits per heavy atom. The first-order chi connectivity index (χ1) is 8.97. The lowest BCUT2D eigenvalue weighted by Gasteiger charge is -2.09. The number of anilines is 2. The molecule has 2 aromatic rings. The monoisotopic (exact) mass is 376 g/mol. The van der Waals surface area contributed by atoms with Crippen molar-refractivity contribution in [3.8, 4) is 0 Å². The predicted molar refractivity (Wildman–Crippen MR) is 73.6 cm³/mol. The number of aromatic nitrogens is 1. The third kappa shape index (κ3) is 3.16. The molecule has 7 heteroatoms. The van der Waals surface area contributed by atoms with Crippen molar-refractivity contribution in [3.05, 3.63) is 51.2 Å². The van der Waals surface area contributed by atoms with E-state index in [1.807, 2.05) is 22.6 Å². The summed E-state index contributed by atoms with van der Waals surface area (Å²) in [4.78, 5) is 14.4. The Balaban J connectivity index is 2.42. The van der Waals surface area contributed by atoms with Crippen LogP contribution in [0.25, 0.3) is 0 Å². The highest BCUT2D eigenvalue weighted by molar-refractivity contribution is 14.1. The highest BCUT2D eigenvalue weighted by atomic mass is 127. The van der Waals surface area contributed by atoms with Crippen molar-refractivity contribution >= 4 is 40.1 Å². The number of hydrogen-bond acceptors (Lipinski definition) is 3. The van der Waals surface area contributed by atoms with Gasteiger partial charge in [0.15, 0.2) is 0 Å². The Morgan fingerprint density at radius 2 is 2.00 bits per heavy atom. The molecule has 1 aromatic carbocycles. The lowest BCUT2D eigenvalue weighted by atomic mass is 10.2. The molecule has 0 radical (unpaired) electrons. The molecule has 0 unspecified atom stereocenters. The van der Waals surface area contributed by atoms with Gasteiger partial charge in [-0.15, -0.1) is 0 Å². The van der Waals surface area contributed by atoms with Gasteiger partial charge in [-0.3, -0.25) is 0 Å². The number of hydrogen-bond donors (Lipinski definition) is 2. The van der Waals surface area contributed by atoms with Gasteiger partial charge in [0.1, 0.15) is 17.2 Å². The molecule has 19 heavy (non-hydrogen) atoms. The summed E-state index contributed by atoms with van der Waals surface area (Å²) in [5.74, 6) is -2.94. The average molecular weight is 376 g/mol. The third-order valence-corrected chi connectivity index (χ3v) is 2.95. The first-order valence-corrected chi connectivity index (χ1v) is 6.17. The molecule has 0 aliphatic carbocycles. The maximum atomic E-state index is 13.6. The van der Waals surface area contributed by atoms with Crippen LogP contribution >= 0.6 is 22.6 Å². The van der Waals surface area contributed by atoms with Gasteiger partial charge in [-0.1, -0.05) is 0 Å². The number of benzene rings is 1. The zero-order valence-electron chi connectivity index (χ0n) is 9.32. The van der Waals surface area contributed by atoms with Gasteiger partial charge < -0.3 is 10.4 Å². The molecular weight excluding hydrogens is 369 g/mol. The van der Waals surface area contributed by atoms with Crippen LogP contribution in [0.2, 0.25) is 0 Å². The van der Waals surface area contributed by atoms with E-state index in [1.54, 1.807) is 6.07 Å². The fraction of sp³-hybridized carbons (Fsp3) is 0. The smallest absolute Gasteiger partial charge is 0.339 e. The summed E-state index contributed by atoms with van der Waals surface area (Å²) in [6.45, 7) is 0. The van der Waals surface area contributed by atoms with Gasteiger partial charge in [0.2, 0.25) is 5.95 Å². The molecule has 0 atom stereocenters. The molecular formula is C12H7F2IN2O2. The van der Waals surface area contributed by atoms with Crippen LogP contribution in [0.15, 0.2) is 30.3 Å². The van der Waals surface area contributed by atoms with Crippen LogP contribution in [0.3, 0.4) is 0 Å². The van der Waals surface area contributed by atoms with Crippen molar-refractivity contribution < 1.29 is 18.7 Å². The number of nitrogens with zero attached hydrogens (tertiary/aromatic N) is 1. The number of aromatic carboxylic acids is 1. The maximum absolute atomic E-state index is 13.6. The first kappa shape index (κ1) is 13.7. The largest absolute Gasteiger partial charge is 0.478 e. The van der Waals surface area contributed by atoms with Crippen molar-refractivity contribution in [3.63, 3.8) is 0 Å². The summed E-state index contributed by atoms with van der Waals surface area (Å²) in [7, 11) is 0. The Morgan fingerprint density at radius 3 is 2.63 bits per heavy atom. The molecule has 0 aliphatic rings. The van der Waals surface area contributed by atoms with Crippen molar-refractivity contribution in [2.75, 3.05) is 5.32 Å². The van der Waals surface area contributed by atoms with Crippen LogP contribution in [0.4, 0.5) is 20.3 Å². The molecule has 1 aromatic heterocycles. The van der Waals surface area contributed by atoms with Gasteiger partial charge >= 0.3 is 5.97 Å². The van der Waals surface area contributed by atoms with E-state index in [0.29, 0.717) is 3.57 Å². The number of pyridine rings is 1. The van der Waals surface area contributed by atoms with E-state index in [0.717, 1.165) is 12.1 Å². The molecule has 0 saturated heterocycles. The van der Waals surface area contributed by atoms with Crippen LogP contribution in [-0.2, 0) is 0 Å². The van der Waals surface area contributed by atoms with Crippen LogP contribution in [0.5, 0.6) is 0 Å². The number of rotatable bonds is 3. The molecule has 0 amide bonds. The van der Waals surface area contributed by atoms with Gasteiger partial charge in [-0.05, 0) is 52.9 Å². The normalized spacial score (nSPS) is 10.3. The van der Waals surface area contributed by atoms with Gasteiger partial charge in [0.05, 0.1) is 5.69 Å². The van der Waals surface area contributed by atoms with Gasteiger partial charge in [-0.25, -0.2) is 14.2 Å². The summed E-state index contributed by atoms with van der Waals surface area (Å²) < 4.78 is 27.4. The Labute approximate surface area is 120 Å². The molecule has 0 spiro atoms. The summed E-state index contributed by atoms with van der Waals surface area (Å²) in [6.07, 6.45) is 0. The topological polar surface area (TPSA) is 62.2 Å². The average Bonchev–Trinajstić information content (AvgIpc) is 2.32. The van der Waals surface area contributed by atoms with Crippen molar-refractivity contribution in [2.24, 2.45) is 0 Å².